The molecule has 1 aliphatic rings. The van der Waals surface area contributed by atoms with Crippen LogP contribution < -0.4 is 20.1 Å². The number of anilines is 2. The van der Waals surface area contributed by atoms with E-state index in [-0.39, 0.29) is 28.7 Å². The molecule has 0 radical (unpaired) electrons. The molecule has 0 saturated carbocycles. The maximum absolute atomic E-state index is 12.7. The van der Waals surface area contributed by atoms with Crippen molar-refractivity contribution in [2.75, 3.05) is 22.8 Å². The lowest BCUT2D eigenvalue weighted by Gasteiger charge is -2.29. The Hall–Kier alpha value is -3.27. The minimum Gasteiger partial charge on any atom is -0.482 e. The summed E-state index contributed by atoms with van der Waals surface area (Å²) in [6.45, 7) is 2.42. The lowest BCUT2D eigenvalue weighted by molar-refractivity contribution is -0.121. The third-order valence-electron chi connectivity index (χ3n) is 4.30. The van der Waals surface area contributed by atoms with Gasteiger partial charge in [0.1, 0.15) is 5.75 Å². The van der Waals surface area contributed by atoms with Crippen LogP contribution in [0.15, 0.2) is 50.5 Å². The van der Waals surface area contributed by atoms with Crippen LogP contribution in [0.1, 0.15) is 13.3 Å². The van der Waals surface area contributed by atoms with Gasteiger partial charge in [-0.1, -0.05) is 6.92 Å². The number of carbonyl (C=O) groups is 1. The van der Waals surface area contributed by atoms with Crippen molar-refractivity contribution in [1.82, 2.24) is 4.98 Å². The number of benzene rings is 2. The minimum atomic E-state index is -3.94. The maximum Gasteiger partial charge on any atom is 0.417 e. The lowest BCUT2D eigenvalue weighted by atomic mass is 10.2. The van der Waals surface area contributed by atoms with Gasteiger partial charge in [-0.25, -0.2) is 13.2 Å². The fourth-order valence-corrected chi connectivity index (χ4v) is 4.11. The van der Waals surface area contributed by atoms with E-state index >= 15 is 0 Å². The smallest absolute Gasteiger partial charge is 0.417 e. The molecule has 0 spiro atoms. The van der Waals surface area contributed by atoms with E-state index in [4.69, 9.17) is 9.15 Å². The van der Waals surface area contributed by atoms with Crippen LogP contribution in [0, 0.1) is 0 Å². The van der Waals surface area contributed by atoms with Crippen molar-refractivity contribution in [3.8, 4) is 5.75 Å². The highest BCUT2D eigenvalue weighted by Crippen LogP contribution is 2.35. The Morgan fingerprint density at radius 3 is 2.79 bits per heavy atom. The molecule has 1 aliphatic heterocycles. The molecule has 2 heterocycles. The Morgan fingerprint density at radius 2 is 2.00 bits per heavy atom. The molecular weight excluding hydrogens is 386 g/mol. The second kappa shape index (κ2) is 6.71. The van der Waals surface area contributed by atoms with Crippen LogP contribution in [0.4, 0.5) is 11.4 Å². The van der Waals surface area contributed by atoms with Crippen molar-refractivity contribution >= 4 is 38.4 Å². The SMILES string of the molecule is CCCN1C(=O)COc2ccc(NS(=O)(=O)c3ccc4[nH]c(=O)oc4c3)cc21. The summed E-state index contributed by atoms with van der Waals surface area (Å²) in [5.41, 5.74) is 1.36. The number of carbonyl (C=O) groups excluding carboxylic acids is 1. The first-order valence-electron chi connectivity index (χ1n) is 8.60. The van der Waals surface area contributed by atoms with E-state index < -0.39 is 15.8 Å². The number of fused-ring (bicyclic) bond motifs is 2. The maximum atomic E-state index is 12.7. The number of H-pyrrole nitrogens is 1. The van der Waals surface area contributed by atoms with Crippen molar-refractivity contribution in [3.05, 3.63) is 46.9 Å². The summed E-state index contributed by atoms with van der Waals surface area (Å²) in [6.07, 6.45) is 0.753. The molecule has 0 atom stereocenters. The standard InChI is InChI=1S/C18H17N3O6S/c1-2-7-21-14-8-11(3-6-15(14)26-10-17(21)22)20-28(24,25)12-4-5-13-16(9-12)27-18(23)19-13/h3-6,8-9,20H,2,7,10H2,1H3,(H,19,23). The topological polar surface area (TPSA) is 122 Å². The minimum absolute atomic E-state index is 0.0417. The molecule has 0 unspecified atom stereocenters. The summed E-state index contributed by atoms with van der Waals surface area (Å²) in [5, 5.41) is 0. The molecule has 2 aromatic carbocycles. The number of amides is 1. The predicted octanol–water partition coefficient (Wildman–Crippen LogP) is 2.06. The van der Waals surface area contributed by atoms with Crippen LogP contribution in [-0.2, 0) is 14.8 Å². The quantitative estimate of drug-likeness (QED) is 0.672. The van der Waals surface area contributed by atoms with Crippen molar-refractivity contribution in [1.29, 1.82) is 0 Å². The molecule has 9 nitrogen and oxygen atoms in total. The predicted molar refractivity (Wildman–Crippen MR) is 102 cm³/mol. The number of hydrogen-bond donors (Lipinski definition) is 2. The normalized spacial score (nSPS) is 14.0. The number of oxazole rings is 1. The van der Waals surface area contributed by atoms with E-state index in [1.54, 1.807) is 23.1 Å². The van der Waals surface area contributed by atoms with Crippen molar-refractivity contribution in [2.24, 2.45) is 0 Å². The summed E-state index contributed by atoms with van der Waals surface area (Å²) >= 11 is 0. The highest BCUT2D eigenvalue weighted by molar-refractivity contribution is 7.92. The molecule has 0 aliphatic carbocycles. The van der Waals surface area contributed by atoms with Gasteiger partial charge in [-0.15, -0.1) is 0 Å². The van der Waals surface area contributed by atoms with E-state index in [9.17, 15) is 18.0 Å². The molecule has 1 amide bonds. The molecule has 10 heteroatoms. The Bertz CT molecular complexity index is 1230. The Balaban J connectivity index is 1.67. The van der Waals surface area contributed by atoms with Crippen molar-refractivity contribution in [2.45, 2.75) is 18.2 Å². The fraction of sp³-hybridized carbons (Fsp3) is 0.222. The number of hydrogen-bond acceptors (Lipinski definition) is 6. The zero-order chi connectivity index (χ0) is 19.9. The number of aromatic amines is 1. The largest absolute Gasteiger partial charge is 0.482 e. The number of ether oxygens (including phenoxy) is 1. The van der Waals surface area contributed by atoms with Gasteiger partial charge in [-0.2, -0.15) is 0 Å². The molecule has 0 fully saturated rings. The van der Waals surface area contributed by atoms with Gasteiger partial charge >= 0.3 is 5.76 Å². The molecule has 0 bridgehead atoms. The lowest BCUT2D eigenvalue weighted by Crippen LogP contribution is -2.39. The Morgan fingerprint density at radius 1 is 1.18 bits per heavy atom. The van der Waals surface area contributed by atoms with Gasteiger partial charge in [0.15, 0.2) is 12.2 Å². The van der Waals surface area contributed by atoms with Crippen LogP contribution in [0.25, 0.3) is 11.1 Å². The second-order valence-electron chi connectivity index (χ2n) is 6.29. The van der Waals surface area contributed by atoms with E-state index in [2.05, 4.69) is 9.71 Å². The van der Waals surface area contributed by atoms with Gasteiger partial charge in [0, 0.05) is 12.6 Å². The number of nitrogens with zero attached hydrogens (tertiary/aromatic N) is 1. The highest BCUT2D eigenvalue weighted by atomic mass is 32.2. The monoisotopic (exact) mass is 403 g/mol. The molecule has 1 aromatic heterocycles. The summed E-state index contributed by atoms with van der Waals surface area (Å²) in [4.78, 5) is 27.3. The van der Waals surface area contributed by atoms with Gasteiger partial charge in [-0.05, 0) is 36.8 Å². The van der Waals surface area contributed by atoms with Gasteiger partial charge in [0.05, 0.1) is 21.8 Å². The van der Waals surface area contributed by atoms with Gasteiger partial charge in [0.2, 0.25) is 0 Å². The van der Waals surface area contributed by atoms with Crippen molar-refractivity contribution in [3.63, 3.8) is 0 Å². The zero-order valence-corrected chi connectivity index (χ0v) is 15.7. The summed E-state index contributed by atoms with van der Waals surface area (Å²) in [6, 6.07) is 8.84. The average Bonchev–Trinajstić information content (AvgIpc) is 3.03. The van der Waals surface area contributed by atoms with Crippen LogP contribution in [0.5, 0.6) is 5.75 Å². The Labute approximate surface area is 160 Å². The van der Waals surface area contributed by atoms with Crippen LogP contribution in [-0.4, -0.2) is 32.5 Å². The first kappa shape index (κ1) is 18.1. The number of nitrogens with one attached hydrogen (secondary N) is 2. The van der Waals surface area contributed by atoms with Crippen LogP contribution >= 0.6 is 0 Å². The molecule has 28 heavy (non-hydrogen) atoms. The van der Waals surface area contributed by atoms with Crippen molar-refractivity contribution < 1.29 is 22.4 Å². The molecule has 146 valence electrons. The van der Waals surface area contributed by atoms with E-state index in [1.807, 2.05) is 6.92 Å². The third kappa shape index (κ3) is 3.22. The molecule has 2 N–H and O–H groups in total. The average molecular weight is 403 g/mol. The van der Waals surface area contributed by atoms with Gasteiger partial charge in [0.25, 0.3) is 15.9 Å². The molecule has 0 saturated heterocycles. The molecular formula is C18H17N3O6S. The second-order valence-corrected chi connectivity index (χ2v) is 7.98. The van der Waals surface area contributed by atoms with E-state index in [0.717, 1.165) is 6.42 Å². The van der Waals surface area contributed by atoms with Gasteiger partial charge in [-0.3, -0.25) is 14.5 Å². The zero-order valence-electron chi connectivity index (χ0n) is 14.9. The van der Waals surface area contributed by atoms with E-state index in [0.29, 0.717) is 23.5 Å². The highest BCUT2D eigenvalue weighted by Gasteiger charge is 2.26. The summed E-state index contributed by atoms with van der Waals surface area (Å²) < 4.78 is 38.3. The summed E-state index contributed by atoms with van der Waals surface area (Å²) in [5.74, 6) is -0.318. The number of sulfonamides is 1. The molecule has 4 rings (SSSR count). The fourth-order valence-electron chi connectivity index (χ4n) is 3.04. The third-order valence-corrected chi connectivity index (χ3v) is 5.68. The first-order chi connectivity index (χ1) is 13.4. The summed E-state index contributed by atoms with van der Waals surface area (Å²) in [7, 11) is -3.94. The molecule has 3 aromatic rings. The number of rotatable bonds is 5. The Kier molecular flexibility index (Phi) is 4.34. The number of aromatic nitrogens is 1. The van der Waals surface area contributed by atoms with Gasteiger partial charge < -0.3 is 14.1 Å². The van der Waals surface area contributed by atoms with E-state index in [1.165, 1.54) is 18.2 Å². The van der Waals surface area contributed by atoms with Crippen LogP contribution in [0.3, 0.4) is 0 Å². The first-order valence-corrected chi connectivity index (χ1v) is 10.1. The van der Waals surface area contributed by atoms with Crippen LogP contribution in [0.2, 0.25) is 0 Å².